The van der Waals surface area contributed by atoms with Gasteiger partial charge in [-0.15, -0.1) is 0 Å². The van der Waals surface area contributed by atoms with Crippen LogP contribution in [0.15, 0.2) is 24.4 Å². The second kappa shape index (κ2) is 8.38. The first-order valence-corrected chi connectivity index (χ1v) is 9.89. The van der Waals surface area contributed by atoms with Gasteiger partial charge in [-0.2, -0.15) is 13.2 Å². The molecular weight excluding hydrogens is 429 g/mol. The van der Waals surface area contributed by atoms with Crippen molar-refractivity contribution in [3.63, 3.8) is 0 Å². The predicted octanol–water partition coefficient (Wildman–Crippen LogP) is 2.33. The fraction of sp³-hybridized carbons (Fsp3) is 0.429. The monoisotopic (exact) mass is 452 g/mol. The Labute approximate surface area is 181 Å². The third-order valence-electron chi connectivity index (χ3n) is 5.67. The smallest absolute Gasteiger partial charge is 0.430 e. The van der Waals surface area contributed by atoms with Gasteiger partial charge in [-0.3, -0.25) is 9.59 Å². The van der Waals surface area contributed by atoms with Crippen molar-refractivity contribution in [3.05, 3.63) is 41.2 Å². The zero-order valence-electron chi connectivity index (χ0n) is 17.4. The summed E-state index contributed by atoms with van der Waals surface area (Å²) in [5.74, 6) is -2.51. The minimum atomic E-state index is -5.32. The number of amides is 1. The molecule has 3 rings (SSSR count). The van der Waals surface area contributed by atoms with Crippen molar-refractivity contribution in [2.75, 3.05) is 12.3 Å². The Bertz CT molecular complexity index is 1050. The summed E-state index contributed by atoms with van der Waals surface area (Å²) in [5.41, 5.74) is 7.64. The summed E-state index contributed by atoms with van der Waals surface area (Å²) < 4.78 is 45.4. The molecule has 1 aromatic carbocycles. The Morgan fingerprint density at radius 1 is 1.28 bits per heavy atom. The molecular formula is C21H23F3N4O4. The van der Waals surface area contributed by atoms with Crippen LogP contribution in [0.5, 0.6) is 0 Å². The molecule has 0 saturated heterocycles. The summed E-state index contributed by atoms with van der Waals surface area (Å²) in [6, 6.07) is 3.32. The predicted molar refractivity (Wildman–Crippen MR) is 108 cm³/mol. The standard InChI is InChI=1S/C21H23F3N4O4/c1-3-32-18(29)12-6-11(7-12)16-17(25)27-9-15(28-16)14-8-13(5-4-10(14)2)20(31,19(26)30)21(22,23)24/h4-5,8-9,11-12,31H,3,6-7H2,1-2H3,(H2,25,27)(H2,26,30)/t11-,12-,20?. The van der Waals surface area contributed by atoms with Crippen molar-refractivity contribution in [3.8, 4) is 11.3 Å². The van der Waals surface area contributed by atoms with Crippen LogP contribution in [-0.4, -0.2) is 39.7 Å². The third-order valence-corrected chi connectivity index (χ3v) is 5.67. The van der Waals surface area contributed by atoms with E-state index in [2.05, 4.69) is 9.97 Å². The molecule has 1 unspecified atom stereocenters. The van der Waals surface area contributed by atoms with Crippen molar-refractivity contribution < 1.29 is 32.6 Å². The second-order valence-electron chi connectivity index (χ2n) is 7.75. The molecule has 1 aliphatic rings. The van der Waals surface area contributed by atoms with Gasteiger partial charge < -0.3 is 21.3 Å². The van der Waals surface area contributed by atoms with Gasteiger partial charge >= 0.3 is 12.1 Å². The molecule has 2 aromatic rings. The molecule has 172 valence electrons. The van der Waals surface area contributed by atoms with E-state index < -0.39 is 23.2 Å². The average molecular weight is 452 g/mol. The van der Waals surface area contributed by atoms with Crippen LogP contribution in [0.3, 0.4) is 0 Å². The molecule has 1 heterocycles. The largest absolute Gasteiger partial charge is 0.466 e. The van der Waals surface area contributed by atoms with E-state index in [0.717, 1.165) is 12.1 Å². The number of primary amides is 1. The number of rotatable bonds is 6. The highest BCUT2D eigenvalue weighted by molar-refractivity contribution is 5.86. The first-order valence-electron chi connectivity index (χ1n) is 9.89. The minimum absolute atomic E-state index is 0.152. The number of alkyl halides is 3. The molecule has 32 heavy (non-hydrogen) atoms. The number of carbonyl (C=O) groups excluding carboxylic acids is 2. The quantitative estimate of drug-likeness (QED) is 0.571. The normalized spacial score (nSPS) is 20.2. The number of nitrogen functional groups attached to an aromatic ring is 1. The lowest BCUT2D eigenvalue weighted by atomic mass is 9.73. The summed E-state index contributed by atoms with van der Waals surface area (Å²) in [4.78, 5) is 32.0. The lowest BCUT2D eigenvalue weighted by molar-refractivity contribution is -0.255. The van der Waals surface area contributed by atoms with Gasteiger partial charge in [0.1, 0.15) is 5.82 Å². The van der Waals surface area contributed by atoms with Gasteiger partial charge in [0.2, 0.25) is 0 Å². The molecule has 0 radical (unpaired) electrons. The molecule has 1 amide bonds. The number of aromatic nitrogens is 2. The maximum Gasteiger partial charge on any atom is 0.430 e. The van der Waals surface area contributed by atoms with Gasteiger partial charge in [0.05, 0.1) is 30.1 Å². The van der Waals surface area contributed by atoms with Crippen molar-refractivity contribution in [1.29, 1.82) is 0 Å². The number of aliphatic hydroxyl groups is 1. The van der Waals surface area contributed by atoms with Crippen molar-refractivity contribution >= 4 is 17.7 Å². The van der Waals surface area contributed by atoms with Crippen LogP contribution in [0.25, 0.3) is 11.3 Å². The Morgan fingerprint density at radius 3 is 2.50 bits per heavy atom. The fourth-order valence-electron chi connectivity index (χ4n) is 3.71. The van der Waals surface area contributed by atoms with Crippen LogP contribution in [0.1, 0.15) is 42.5 Å². The number of nitrogens with zero attached hydrogens (tertiary/aromatic N) is 2. The number of hydrogen-bond donors (Lipinski definition) is 3. The lowest BCUT2D eigenvalue weighted by Gasteiger charge is -2.33. The van der Waals surface area contributed by atoms with E-state index in [1.807, 2.05) is 0 Å². The van der Waals surface area contributed by atoms with Crippen LogP contribution in [-0.2, 0) is 19.9 Å². The molecule has 0 spiro atoms. The van der Waals surface area contributed by atoms with Gasteiger partial charge in [-0.1, -0.05) is 12.1 Å². The molecule has 1 fully saturated rings. The van der Waals surface area contributed by atoms with E-state index in [0.29, 0.717) is 24.1 Å². The number of anilines is 1. The number of hydrogen-bond acceptors (Lipinski definition) is 7. The van der Waals surface area contributed by atoms with Gasteiger partial charge in [-0.25, -0.2) is 9.97 Å². The highest BCUT2D eigenvalue weighted by Gasteiger charge is 2.60. The first kappa shape index (κ1) is 23.5. The highest BCUT2D eigenvalue weighted by Crippen LogP contribution is 2.44. The zero-order chi connectivity index (χ0) is 23.8. The zero-order valence-corrected chi connectivity index (χ0v) is 17.4. The molecule has 0 aliphatic heterocycles. The van der Waals surface area contributed by atoms with Gasteiger partial charge in [-0.05, 0) is 38.3 Å². The SMILES string of the molecule is CCOC(=O)[C@H]1C[C@H](c2nc(-c3cc(C(O)(C(N)=O)C(F)(F)F)ccc3C)cnc2N)C1. The molecule has 11 heteroatoms. The van der Waals surface area contributed by atoms with Crippen LogP contribution in [0, 0.1) is 12.8 Å². The minimum Gasteiger partial charge on any atom is -0.466 e. The number of benzene rings is 1. The molecule has 1 aromatic heterocycles. The summed E-state index contributed by atoms with van der Waals surface area (Å²) in [7, 11) is 0. The molecule has 0 bridgehead atoms. The number of aryl methyl sites for hydroxylation is 1. The van der Waals surface area contributed by atoms with Gasteiger partial charge in [0.25, 0.3) is 11.5 Å². The Hall–Kier alpha value is -3.21. The van der Waals surface area contributed by atoms with E-state index in [1.54, 1.807) is 13.8 Å². The van der Waals surface area contributed by atoms with E-state index in [4.69, 9.17) is 16.2 Å². The molecule has 1 saturated carbocycles. The summed E-state index contributed by atoms with van der Waals surface area (Å²) in [6.45, 7) is 3.63. The van der Waals surface area contributed by atoms with Crippen LogP contribution in [0.2, 0.25) is 0 Å². The van der Waals surface area contributed by atoms with Crippen LogP contribution < -0.4 is 11.5 Å². The molecule has 8 nitrogen and oxygen atoms in total. The topological polar surface area (TPSA) is 141 Å². The summed E-state index contributed by atoms with van der Waals surface area (Å²) in [6.07, 6.45) is -3.09. The van der Waals surface area contributed by atoms with Crippen molar-refractivity contribution in [2.24, 2.45) is 11.7 Å². The van der Waals surface area contributed by atoms with Gasteiger partial charge in [0, 0.05) is 17.0 Å². The molecule has 1 atom stereocenters. The van der Waals surface area contributed by atoms with E-state index in [9.17, 15) is 27.9 Å². The van der Waals surface area contributed by atoms with E-state index in [1.165, 1.54) is 12.3 Å². The number of esters is 1. The summed E-state index contributed by atoms with van der Waals surface area (Å²) >= 11 is 0. The number of halogens is 3. The van der Waals surface area contributed by atoms with Crippen LogP contribution >= 0.6 is 0 Å². The number of ether oxygens (including phenoxy) is 1. The Kier molecular flexibility index (Phi) is 6.14. The summed E-state index contributed by atoms with van der Waals surface area (Å²) in [5, 5.41) is 10.1. The van der Waals surface area contributed by atoms with Crippen LogP contribution in [0.4, 0.5) is 19.0 Å². The maximum absolute atomic E-state index is 13.5. The number of carbonyl (C=O) groups is 2. The van der Waals surface area contributed by atoms with Crippen molar-refractivity contribution in [2.45, 2.75) is 44.4 Å². The highest BCUT2D eigenvalue weighted by atomic mass is 19.4. The lowest BCUT2D eigenvalue weighted by Crippen LogP contribution is -2.52. The van der Waals surface area contributed by atoms with E-state index in [-0.39, 0.29) is 41.5 Å². The first-order chi connectivity index (χ1) is 14.9. The average Bonchev–Trinajstić information content (AvgIpc) is 2.67. The second-order valence-corrected chi connectivity index (χ2v) is 7.75. The fourth-order valence-corrected chi connectivity index (χ4v) is 3.71. The molecule has 1 aliphatic carbocycles. The number of nitrogens with two attached hydrogens (primary N) is 2. The maximum atomic E-state index is 13.5. The van der Waals surface area contributed by atoms with E-state index >= 15 is 0 Å². The van der Waals surface area contributed by atoms with Gasteiger partial charge in [0.15, 0.2) is 0 Å². The third kappa shape index (κ3) is 3.99. The Balaban J connectivity index is 1.98. The Morgan fingerprint density at radius 2 is 1.94 bits per heavy atom. The van der Waals surface area contributed by atoms with Crippen molar-refractivity contribution in [1.82, 2.24) is 9.97 Å². The molecule has 5 N–H and O–H groups in total.